The summed E-state index contributed by atoms with van der Waals surface area (Å²) in [6.45, 7) is 2.10. The lowest BCUT2D eigenvalue weighted by Crippen LogP contribution is -2.26. The molecule has 6 nitrogen and oxygen atoms in total. The fourth-order valence-electron chi connectivity index (χ4n) is 2.58. The van der Waals surface area contributed by atoms with Gasteiger partial charge in [-0.15, -0.1) is 0 Å². The topological polar surface area (TPSA) is 75.2 Å². The van der Waals surface area contributed by atoms with Crippen molar-refractivity contribution in [2.24, 2.45) is 0 Å². The normalized spacial score (nSPS) is 15.0. The van der Waals surface area contributed by atoms with Crippen molar-refractivity contribution in [2.45, 2.75) is 25.1 Å². The molecule has 0 unspecified atom stereocenters. The van der Waals surface area contributed by atoms with Crippen molar-refractivity contribution in [3.05, 3.63) is 53.9 Å². The molecule has 1 saturated heterocycles. The Balaban J connectivity index is 1.62. The van der Waals surface area contributed by atoms with E-state index in [0.29, 0.717) is 11.6 Å². The number of sulfonamides is 1. The fourth-order valence-corrected chi connectivity index (χ4v) is 3.68. The Labute approximate surface area is 136 Å². The van der Waals surface area contributed by atoms with Crippen molar-refractivity contribution in [3.63, 3.8) is 0 Å². The Bertz CT molecular complexity index is 744. The first kappa shape index (κ1) is 15.9. The lowest BCUT2D eigenvalue weighted by molar-refractivity contribution is 0.579. The van der Waals surface area contributed by atoms with Crippen LogP contribution in [0, 0.1) is 0 Å². The van der Waals surface area contributed by atoms with Gasteiger partial charge in [-0.1, -0.05) is 30.3 Å². The van der Waals surface area contributed by atoms with Crippen LogP contribution in [0.3, 0.4) is 0 Å². The van der Waals surface area contributed by atoms with Crippen molar-refractivity contribution in [2.75, 3.05) is 18.0 Å². The summed E-state index contributed by atoms with van der Waals surface area (Å²) >= 11 is 0. The molecule has 2 heterocycles. The van der Waals surface area contributed by atoms with Gasteiger partial charge < -0.3 is 4.90 Å². The van der Waals surface area contributed by atoms with Crippen molar-refractivity contribution in [1.29, 1.82) is 0 Å². The zero-order valence-corrected chi connectivity index (χ0v) is 13.7. The number of nitrogens with zero attached hydrogens (tertiary/aromatic N) is 3. The molecule has 2 aromatic rings. The highest BCUT2D eigenvalue weighted by atomic mass is 32.2. The summed E-state index contributed by atoms with van der Waals surface area (Å²) < 4.78 is 26.9. The second kappa shape index (κ2) is 7.06. The number of hydrogen-bond donors (Lipinski definition) is 1. The molecule has 0 saturated carbocycles. The van der Waals surface area contributed by atoms with Gasteiger partial charge in [-0.25, -0.2) is 23.1 Å². The summed E-state index contributed by atoms with van der Waals surface area (Å²) in [7, 11) is -3.39. The van der Waals surface area contributed by atoms with E-state index in [9.17, 15) is 8.42 Å². The molecule has 0 spiro atoms. The highest BCUT2D eigenvalue weighted by Crippen LogP contribution is 2.15. The quantitative estimate of drug-likeness (QED) is 0.871. The Morgan fingerprint density at radius 3 is 2.57 bits per heavy atom. The standard InChI is InChI=1S/C16H20N4O2S/c21-23(22,13-14-6-2-1-3-7-14)18-12-15-8-9-17-16(19-15)20-10-4-5-11-20/h1-3,6-9,18H,4-5,10-13H2. The number of rotatable bonds is 6. The van der Waals surface area contributed by atoms with E-state index in [4.69, 9.17) is 0 Å². The first-order valence-electron chi connectivity index (χ1n) is 7.70. The van der Waals surface area contributed by atoms with E-state index in [2.05, 4.69) is 19.6 Å². The maximum atomic E-state index is 12.1. The van der Waals surface area contributed by atoms with Crippen LogP contribution in [-0.4, -0.2) is 31.5 Å². The molecule has 1 aliphatic rings. The molecule has 0 bridgehead atoms. The molecule has 1 aliphatic heterocycles. The predicted octanol–water partition coefficient (Wildman–Crippen LogP) is 1.70. The van der Waals surface area contributed by atoms with Crippen molar-refractivity contribution >= 4 is 16.0 Å². The molecular formula is C16H20N4O2S. The van der Waals surface area contributed by atoms with Gasteiger partial charge in [0.2, 0.25) is 16.0 Å². The van der Waals surface area contributed by atoms with Gasteiger partial charge in [-0.3, -0.25) is 0 Å². The van der Waals surface area contributed by atoms with Crippen LogP contribution in [0.25, 0.3) is 0 Å². The number of nitrogens with one attached hydrogen (secondary N) is 1. The lowest BCUT2D eigenvalue weighted by Gasteiger charge is -2.15. The minimum atomic E-state index is -3.39. The van der Waals surface area contributed by atoms with Gasteiger partial charge in [0.05, 0.1) is 18.0 Å². The van der Waals surface area contributed by atoms with Crippen LogP contribution in [0.4, 0.5) is 5.95 Å². The largest absolute Gasteiger partial charge is 0.341 e. The van der Waals surface area contributed by atoms with Gasteiger partial charge in [0.15, 0.2) is 0 Å². The molecule has 1 aromatic carbocycles. The van der Waals surface area contributed by atoms with Crippen LogP contribution in [0.1, 0.15) is 24.1 Å². The van der Waals surface area contributed by atoms with Crippen molar-refractivity contribution in [3.8, 4) is 0 Å². The summed E-state index contributed by atoms with van der Waals surface area (Å²) in [4.78, 5) is 10.9. The number of benzene rings is 1. The molecular weight excluding hydrogens is 312 g/mol. The summed E-state index contributed by atoms with van der Waals surface area (Å²) in [6, 6.07) is 10.9. The third kappa shape index (κ3) is 4.49. The fraction of sp³-hybridized carbons (Fsp3) is 0.375. The smallest absolute Gasteiger partial charge is 0.225 e. The van der Waals surface area contributed by atoms with E-state index < -0.39 is 10.0 Å². The maximum absolute atomic E-state index is 12.1. The van der Waals surface area contributed by atoms with Crippen LogP contribution in [0.2, 0.25) is 0 Å². The number of aromatic nitrogens is 2. The molecule has 0 amide bonds. The maximum Gasteiger partial charge on any atom is 0.225 e. The van der Waals surface area contributed by atoms with Crippen LogP contribution in [0.5, 0.6) is 0 Å². The summed E-state index contributed by atoms with van der Waals surface area (Å²) in [5.74, 6) is 0.653. The Morgan fingerprint density at radius 1 is 1.09 bits per heavy atom. The predicted molar refractivity (Wildman–Crippen MR) is 89.4 cm³/mol. The van der Waals surface area contributed by atoms with Crippen LogP contribution >= 0.6 is 0 Å². The Morgan fingerprint density at radius 2 is 1.83 bits per heavy atom. The molecule has 7 heteroatoms. The van der Waals surface area contributed by atoms with Crippen LogP contribution in [0.15, 0.2) is 42.6 Å². The summed E-state index contributed by atoms with van der Waals surface area (Å²) in [6.07, 6.45) is 3.98. The zero-order chi connectivity index (χ0) is 16.1. The molecule has 1 fully saturated rings. The summed E-state index contributed by atoms with van der Waals surface area (Å²) in [5.41, 5.74) is 1.44. The highest BCUT2D eigenvalue weighted by molar-refractivity contribution is 7.88. The van der Waals surface area contributed by atoms with Crippen molar-refractivity contribution < 1.29 is 8.42 Å². The van der Waals surface area contributed by atoms with Gasteiger partial charge >= 0.3 is 0 Å². The van der Waals surface area contributed by atoms with Crippen molar-refractivity contribution in [1.82, 2.24) is 14.7 Å². The lowest BCUT2D eigenvalue weighted by atomic mass is 10.2. The van der Waals surface area contributed by atoms with Crippen LogP contribution < -0.4 is 9.62 Å². The molecule has 0 radical (unpaired) electrons. The Hall–Kier alpha value is -1.99. The molecule has 1 aromatic heterocycles. The SMILES string of the molecule is O=S(=O)(Cc1ccccc1)NCc1ccnc(N2CCCC2)n1. The second-order valence-corrected chi connectivity index (χ2v) is 7.41. The van der Waals surface area contributed by atoms with E-state index >= 15 is 0 Å². The minimum Gasteiger partial charge on any atom is -0.341 e. The van der Waals surface area contributed by atoms with E-state index in [1.165, 1.54) is 0 Å². The number of anilines is 1. The third-order valence-electron chi connectivity index (χ3n) is 3.76. The van der Waals surface area contributed by atoms with E-state index in [0.717, 1.165) is 31.5 Å². The van der Waals surface area contributed by atoms with E-state index in [-0.39, 0.29) is 12.3 Å². The number of hydrogen-bond acceptors (Lipinski definition) is 5. The zero-order valence-electron chi connectivity index (χ0n) is 12.9. The second-order valence-electron chi connectivity index (χ2n) is 5.61. The van der Waals surface area contributed by atoms with E-state index in [1.54, 1.807) is 24.4 Å². The third-order valence-corrected chi connectivity index (χ3v) is 5.06. The molecule has 23 heavy (non-hydrogen) atoms. The van der Waals surface area contributed by atoms with Gasteiger partial charge in [0, 0.05) is 19.3 Å². The monoisotopic (exact) mass is 332 g/mol. The first-order valence-corrected chi connectivity index (χ1v) is 9.36. The molecule has 1 N–H and O–H groups in total. The van der Waals surface area contributed by atoms with Gasteiger partial charge in [0.1, 0.15) is 0 Å². The summed E-state index contributed by atoms with van der Waals surface area (Å²) in [5, 5.41) is 0. The van der Waals surface area contributed by atoms with Gasteiger partial charge in [-0.05, 0) is 24.5 Å². The van der Waals surface area contributed by atoms with Gasteiger partial charge in [-0.2, -0.15) is 0 Å². The molecule has 122 valence electrons. The average Bonchev–Trinajstić information content (AvgIpc) is 3.08. The highest BCUT2D eigenvalue weighted by Gasteiger charge is 2.16. The van der Waals surface area contributed by atoms with Gasteiger partial charge in [0.25, 0.3) is 0 Å². The van der Waals surface area contributed by atoms with Crippen LogP contribution in [-0.2, 0) is 22.3 Å². The molecule has 0 atom stereocenters. The average molecular weight is 332 g/mol. The van der Waals surface area contributed by atoms with E-state index in [1.807, 2.05) is 18.2 Å². The molecule has 3 rings (SSSR count). The Kier molecular flexibility index (Phi) is 4.88. The first-order chi connectivity index (χ1) is 11.1. The minimum absolute atomic E-state index is 0.0299. The molecule has 0 aliphatic carbocycles.